The number of hydrogen-bond donors (Lipinski definition) is 2. The molecule has 0 bridgehead atoms. The van der Waals surface area contributed by atoms with E-state index in [9.17, 15) is 13.2 Å². The fourth-order valence-corrected chi connectivity index (χ4v) is 3.07. The molecule has 0 saturated carbocycles. The van der Waals surface area contributed by atoms with Crippen molar-refractivity contribution in [3.05, 3.63) is 59.2 Å². The lowest BCUT2D eigenvalue weighted by Crippen LogP contribution is -2.11. The lowest BCUT2D eigenvalue weighted by atomic mass is 10.0. The maximum Gasteiger partial charge on any atom is 0.335 e. The van der Waals surface area contributed by atoms with Gasteiger partial charge in [-0.15, -0.1) is 0 Å². The Balaban J connectivity index is 2.08. The number of carbonyl (C=O) groups is 1. The molecule has 128 valence electrons. The molecule has 0 heterocycles. The van der Waals surface area contributed by atoms with E-state index in [1.807, 2.05) is 32.0 Å². The Morgan fingerprint density at radius 2 is 1.79 bits per heavy atom. The van der Waals surface area contributed by atoms with Crippen molar-refractivity contribution in [1.82, 2.24) is 0 Å². The molecule has 24 heavy (non-hydrogen) atoms. The Kier molecular flexibility index (Phi) is 5.29. The minimum atomic E-state index is -3.19. The van der Waals surface area contributed by atoms with E-state index in [2.05, 4.69) is 5.32 Å². The van der Waals surface area contributed by atoms with Crippen molar-refractivity contribution >= 4 is 21.5 Å². The van der Waals surface area contributed by atoms with E-state index in [4.69, 9.17) is 5.11 Å². The fraction of sp³-hybridized carbons (Fsp3) is 0.278. The number of benzene rings is 2. The van der Waals surface area contributed by atoms with Crippen LogP contribution < -0.4 is 5.32 Å². The maximum atomic E-state index is 11.5. The van der Waals surface area contributed by atoms with Gasteiger partial charge in [-0.25, -0.2) is 13.2 Å². The molecule has 0 spiro atoms. The van der Waals surface area contributed by atoms with Crippen LogP contribution in [-0.4, -0.2) is 32.3 Å². The molecule has 5 nitrogen and oxygen atoms in total. The Morgan fingerprint density at radius 1 is 1.17 bits per heavy atom. The minimum Gasteiger partial charge on any atom is -0.478 e. The van der Waals surface area contributed by atoms with Gasteiger partial charge in [0.15, 0.2) is 9.84 Å². The number of carboxylic acids is 1. The molecular formula is C18H21NO4S. The van der Waals surface area contributed by atoms with Crippen molar-refractivity contribution in [3.63, 3.8) is 0 Å². The normalized spacial score (nSPS) is 12.6. The summed E-state index contributed by atoms with van der Waals surface area (Å²) in [6, 6.07) is 12.0. The number of carboxylic acid groups (broad SMARTS) is 1. The van der Waals surface area contributed by atoms with Crippen LogP contribution in [0, 0.1) is 6.92 Å². The first-order valence-corrected chi connectivity index (χ1v) is 9.45. The molecule has 0 fully saturated rings. The summed E-state index contributed by atoms with van der Waals surface area (Å²) in [5, 5.41) is 12.3. The van der Waals surface area contributed by atoms with Gasteiger partial charge in [0.05, 0.1) is 10.5 Å². The zero-order chi connectivity index (χ0) is 17.9. The van der Waals surface area contributed by atoms with E-state index >= 15 is 0 Å². The summed E-state index contributed by atoms with van der Waals surface area (Å²) in [5.74, 6) is -0.807. The third-order valence-corrected chi connectivity index (χ3v) is 4.94. The minimum absolute atomic E-state index is 0.146. The van der Waals surface area contributed by atoms with Gasteiger partial charge in [-0.05, 0) is 54.3 Å². The van der Waals surface area contributed by atoms with Crippen molar-refractivity contribution in [3.8, 4) is 0 Å². The first kappa shape index (κ1) is 18.0. The zero-order valence-electron chi connectivity index (χ0n) is 13.9. The molecule has 2 rings (SSSR count). The average Bonchev–Trinajstić information content (AvgIpc) is 2.51. The van der Waals surface area contributed by atoms with Crippen LogP contribution in [0.3, 0.4) is 0 Å². The van der Waals surface area contributed by atoms with Crippen molar-refractivity contribution in [2.75, 3.05) is 18.1 Å². The molecule has 0 aliphatic carbocycles. The van der Waals surface area contributed by atoms with Crippen molar-refractivity contribution < 1.29 is 18.3 Å². The average molecular weight is 347 g/mol. The van der Waals surface area contributed by atoms with Crippen LogP contribution in [0.15, 0.2) is 47.4 Å². The number of hydrogen-bond acceptors (Lipinski definition) is 4. The topological polar surface area (TPSA) is 83.5 Å². The summed E-state index contributed by atoms with van der Waals surface area (Å²) in [4.78, 5) is 11.4. The third-order valence-electron chi connectivity index (χ3n) is 3.81. The lowest BCUT2D eigenvalue weighted by Gasteiger charge is -2.15. The summed E-state index contributed by atoms with van der Waals surface area (Å²) in [7, 11) is -3.19. The van der Waals surface area contributed by atoms with Crippen molar-refractivity contribution in [1.29, 1.82) is 0 Å². The summed E-state index contributed by atoms with van der Waals surface area (Å²) in [6.07, 6.45) is 1.19. The molecule has 1 atom stereocenters. The Labute approximate surface area is 142 Å². The van der Waals surface area contributed by atoms with E-state index in [-0.39, 0.29) is 11.5 Å². The number of anilines is 1. The highest BCUT2D eigenvalue weighted by Gasteiger charge is 2.10. The number of nitrogens with one attached hydrogen (secondary N) is 1. The molecule has 0 aliphatic rings. The van der Waals surface area contributed by atoms with E-state index in [0.717, 1.165) is 16.8 Å². The van der Waals surface area contributed by atoms with Gasteiger partial charge in [-0.3, -0.25) is 0 Å². The van der Waals surface area contributed by atoms with Crippen LogP contribution in [0.25, 0.3) is 0 Å². The third kappa shape index (κ3) is 4.58. The summed E-state index contributed by atoms with van der Waals surface area (Å²) >= 11 is 0. The van der Waals surface area contributed by atoms with Gasteiger partial charge in [-0.1, -0.05) is 19.1 Å². The van der Waals surface area contributed by atoms with Gasteiger partial charge in [0.2, 0.25) is 0 Å². The molecule has 2 aromatic rings. The van der Waals surface area contributed by atoms with Gasteiger partial charge < -0.3 is 10.4 Å². The van der Waals surface area contributed by atoms with Crippen molar-refractivity contribution in [2.45, 2.75) is 24.7 Å². The SMILES string of the molecule is Cc1cc(NCC(C)c2ccc(S(C)(=O)=O)cc2)cc(C(=O)O)c1. The van der Waals surface area contributed by atoms with E-state index in [1.54, 1.807) is 24.3 Å². The molecular weight excluding hydrogens is 326 g/mol. The number of sulfone groups is 1. The Hall–Kier alpha value is -2.34. The predicted molar refractivity (Wildman–Crippen MR) is 94.6 cm³/mol. The molecule has 0 amide bonds. The molecule has 0 aromatic heterocycles. The highest BCUT2D eigenvalue weighted by atomic mass is 32.2. The van der Waals surface area contributed by atoms with E-state index < -0.39 is 15.8 Å². The smallest absolute Gasteiger partial charge is 0.335 e. The highest BCUT2D eigenvalue weighted by molar-refractivity contribution is 7.90. The first-order chi connectivity index (χ1) is 11.2. The molecule has 2 N–H and O–H groups in total. The molecule has 0 aliphatic heterocycles. The van der Waals surface area contributed by atoms with Crippen LogP contribution in [0.4, 0.5) is 5.69 Å². The van der Waals surface area contributed by atoms with Crippen LogP contribution in [0.2, 0.25) is 0 Å². The predicted octanol–water partition coefficient (Wildman–Crippen LogP) is 3.31. The zero-order valence-corrected chi connectivity index (χ0v) is 14.7. The lowest BCUT2D eigenvalue weighted by molar-refractivity contribution is 0.0697. The van der Waals surface area contributed by atoms with Crippen LogP contribution in [0.5, 0.6) is 0 Å². The molecule has 0 saturated heterocycles. The maximum absolute atomic E-state index is 11.5. The van der Waals surface area contributed by atoms with Gasteiger partial charge in [0.1, 0.15) is 0 Å². The fourth-order valence-electron chi connectivity index (χ4n) is 2.44. The second-order valence-corrected chi connectivity index (χ2v) is 8.03. The molecule has 6 heteroatoms. The summed E-state index contributed by atoms with van der Waals surface area (Å²) in [5.41, 5.74) is 2.90. The highest BCUT2D eigenvalue weighted by Crippen LogP contribution is 2.20. The molecule has 1 unspecified atom stereocenters. The van der Waals surface area contributed by atoms with E-state index in [1.165, 1.54) is 6.26 Å². The first-order valence-electron chi connectivity index (χ1n) is 7.55. The standard InChI is InChI=1S/C18H21NO4S/c1-12-8-15(18(20)21)10-16(9-12)19-11-13(2)14-4-6-17(7-5-14)24(3,22)23/h4-10,13,19H,11H2,1-3H3,(H,20,21). The number of rotatable bonds is 6. The largest absolute Gasteiger partial charge is 0.478 e. The van der Waals surface area contributed by atoms with Crippen LogP contribution in [-0.2, 0) is 9.84 Å². The summed E-state index contributed by atoms with van der Waals surface area (Å²) < 4.78 is 23.0. The second-order valence-electron chi connectivity index (χ2n) is 6.02. The molecule has 2 aromatic carbocycles. The number of aryl methyl sites for hydroxylation is 1. The molecule has 0 radical (unpaired) electrons. The summed E-state index contributed by atoms with van der Waals surface area (Å²) in [6.45, 7) is 4.49. The van der Waals surface area contributed by atoms with Gasteiger partial charge in [0, 0.05) is 18.5 Å². The quantitative estimate of drug-likeness (QED) is 0.837. The van der Waals surface area contributed by atoms with E-state index in [0.29, 0.717) is 11.4 Å². The second kappa shape index (κ2) is 7.05. The van der Waals surface area contributed by atoms with Crippen LogP contribution in [0.1, 0.15) is 34.3 Å². The Bertz CT molecular complexity index is 842. The number of aromatic carboxylic acids is 1. The Morgan fingerprint density at radius 3 is 2.33 bits per heavy atom. The van der Waals surface area contributed by atoms with Crippen molar-refractivity contribution in [2.24, 2.45) is 0 Å². The monoisotopic (exact) mass is 347 g/mol. The van der Waals surface area contributed by atoms with Gasteiger partial charge >= 0.3 is 5.97 Å². The van der Waals surface area contributed by atoms with Gasteiger partial charge in [-0.2, -0.15) is 0 Å². The van der Waals surface area contributed by atoms with Gasteiger partial charge in [0.25, 0.3) is 0 Å². The van der Waals surface area contributed by atoms with Crippen LogP contribution >= 0.6 is 0 Å².